The van der Waals surface area contributed by atoms with Crippen molar-refractivity contribution in [1.29, 1.82) is 0 Å². The van der Waals surface area contributed by atoms with Crippen LogP contribution in [0.1, 0.15) is 0 Å². The van der Waals surface area contributed by atoms with Gasteiger partial charge in [0.05, 0.1) is 11.4 Å². The van der Waals surface area contributed by atoms with Crippen molar-refractivity contribution in [2.45, 2.75) is 0 Å². The van der Waals surface area contributed by atoms with Gasteiger partial charge in [-0.2, -0.15) is 0 Å². The van der Waals surface area contributed by atoms with Gasteiger partial charge in [-0.3, -0.25) is 0 Å². The summed E-state index contributed by atoms with van der Waals surface area (Å²) in [5, 5.41) is 7.74. The van der Waals surface area contributed by atoms with Crippen molar-refractivity contribution >= 4 is 112 Å². The number of benzene rings is 8. The van der Waals surface area contributed by atoms with Crippen LogP contribution in [0.4, 0.5) is 17.1 Å². The van der Waals surface area contributed by atoms with Crippen LogP contribution in [0.2, 0.25) is 0 Å². The van der Waals surface area contributed by atoms with E-state index in [-0.39, 0.29) is 0 Å². The van der Waals surface area contributed by atoms with E-state index in [1.807, 2.05) is 34.0 Å². The lowest BCUT2D eigenvalue weighted by Gasteiger charge is -2.30. The van der Waals surface area contributed by atoms with Crippen LogP contribution < -0.4 is 4.90 Å². The van der Waals surface area contributed by atoms with Crippen LogP contribution >= 0.6 is 34.0 Å². The van der Waals surface area contributed by atoms with Gasteiger partial charge in [0.1, 0.15) is 0 Å². The van der Waals surface area contributed by atoms with Gasteiger partial charge in [-0.1, -0.05) is 127 Å². The summed E-state index contributed by atoms with van der Waals surface area (Å²) in [6.07, 6.45) is 0. The fraction of sp³-hybridized carbons (Fsp3) is 0. The molecule has 0 atom stereocenters. The van der Waals surface area contributed by atoms with Gasteiger partial charge in [0.15, 0.2) is 0 Å². The lowest BCUT2D eigenvalue weighted by Crippen LogP contribution is -2.12. The molecule has 4 heteroatoms. The first kappa shape index (κ1) is 29.9. The average Bonchev–Trinajstić information content (AvgIpc) is 3.90. The van der Waals surface area contributed by atoms with E-state index in [1.165, 1.54) is 94.1 Å². The monoisotopic (exact) mass is 715 g/mol. The molecule has 0 aliphatic rings. The van der Waals surface area contributed by atoms with E-state index < -0.39 is 0 Å². The van der Waals surface area contributed by atoms with Gasteiger partial charge in [-0.25, -0.2) is 0 Å². The van der Waals surface area contributed by atoms with Crippen LogP contribution in [0.25, 0.3) is 82.8 Å². The highest BCUT2D eigenvalue weighted by atomic mass is 32.1. The summed E-state index contributed by atoms with van der Waals surface area (Å²) in [5.41, 5.74) is 8.47. The van der Waals surface area contributed by atoms with Crippen molar-refractivity contribution in [2.24, 2.45) is 0 Å². The molecular weight excluding hydrogens is 687 g/mol. The van der Waals surface area contributed by atoms with Crippen molar-refractivity contribution < 1.29 is 0 Å². The summed E-state index contributed by atoms with van der Waals surface area (Å²) in [5.74, 6) is 0. The van der Waals surface area contributed by atoms with Gasteiger partial charge in [-0.15, -0.1) is 34.0 Å². The fourth-order valence-electron chi connectivity index (χ4n) is 7.97. The Balaban J connectivity index is 1.33. The smallest absolute Gasteiger partial charge is 0.0633 e. The van der Waals surface area contributed by atoms with E-state index in [0.29, 0.717) is 0 Å². The van der Waals surface area contributed by atoms with Crippen LogP contribution in [0.3, 0.4) is 0 Å². The molecule has 0 aliphatic carbocycles. The van der Waals surface area contributed by atoms with Crippen LogP contribution in [0.5, 0.6) is 0 Å². The number of thiophene rings is 3. The molecule has 3 heterocycles. The third-order valence-electron chi connectivity index (χ3n) is 10.3. The lowest BCUT2D eigenvalue weighted by molar-refractivity contribution is 1.33. The fourth-order valence-corrected chi connectivity index (χ4v) is 11.4. The molecule has 0 N–H and O–H groups in total. The van der Waals surface area contributed by atoms with Crippen LogP contribution in [0.15, 0.2) is 176 Å². The topological polar surface area (TPSA) is 3.24 Å². The van der Waals surface area contributed by atoms with E-state index in [2.05, 4.69) is 181 Å². The van der Waals surface area contributed by atoms with E-state index in [9.17, 15) is 0 Å². The average molecular weight is 716 g/mol. The Hall–Kier alpha value is -5.78. The summed E-state index contributed by atoms with van der Waals surface area (Å²) < 4.78 is 7.81. The zero-order chi connectivity index (χ0) is 34.2. The molecule has 1 nitrogen and oxygen atoms in total. The third-order valence-corrected chi connectivity index (χ3v) is 13.8. The molecule has 0 saturated carbocycles. The molecule has 0 spiro atoms. The SMILES string of the molecule is c1ccc(-c2ccc3sc4ccccc4c3c2N(c2ccc3sc4ccccc4c3c2)c2ccc(-c3ccccc3)c3sc4ccccc4c23)cc1. The summed E-state index contributed by atoms with van der Waals surface area (Å²) in [6, 6.07) is 64.9. The first-order valence-electron chi connectivity index (χ1n) is 17.5. The molecule has 0 aliphatic heterocycles. The molecule has 3 aromatic heterocycles. The molecule has 52 heavy (non-hydrogen) atoms. The second-order valence-corrected chi connectivity index (χ2v) is 16.4. The number of hydrogen-bond acceptors (Lipinski definition) is 4. The first-order valence-corrected chi connectivity index (χ1v) is 20.0. The molecule has 0 unspecified atom stereocenters. The summed E-state index contributed by atoms with van der Waals surface area (Å²) in [7, 11) is 0. The highest BCUT2D eigenvalue weighted by molar-refractivity contribution is 7.27. The second kappa shape index (κ2) is 11.9. The van der Waals surface area contributed by atoms with Crippen molar-refractivity contribution in [3.8, 4) is 22.3 Å². The third kappa shape index (κ3) is 4.59. The maximum absolute atomic E-state index is 2.59. The Morgan fingerprint density at radius 3 is 1.60 bits per heavy atom. The Kier molecular flexibility index (Phi) is 6.84. The van der Waals surface area contributed by atoms with Gasteiger partial charge in [0.25, 0.3) is 0 Å². The van der Waals surface area contributed by atoms with Crippen molar-refractivity contribution in [3.63, 3.8) is 0 Å². The minimum Gasteiger partial charge on any atom is -0.308 e. The van der Waals surface area contributed by atoms with E-state index in [0.717, 1.165) is 5.69 Å². The highest BCUT2D eigenvalue weighted by Crippen LogP contribution is 2.54. The second-order valence-electron chi connectivity index (χ2n) is 13.2. The van der Waals surface area contributed by atoms with Crippen LogP contribution in [-0.2, 0) is 0 Å². The Morgan fingerprint density at radius 1 is 0.346 bits per heavy atom. The van der Waals surface area contributed by atoms with Crippen molar-refractivity contribution in [1.82, 2.24) is 0 Å². The van der Waals surface area contributed by atoms with Gasteiger partial charge in [0, 0.05) is 71.8 Å². The zero-order valence-corrected chi connectivity index (χ0v) is 30.4. The Bertz CT molecular complexity index is 3130. The lowest BCUT2D eigenvalue weighted by atomic mass is 9.96. The van der Waals surface area contributed by atoms with Gasteiger partial charge >= 0.3 is 0 Å². The molecule has 11 aromatic rings. The standard InChI is InChI=1S/C48H29NS3/c1-3-13-30(14-4-1)33-25-28-44-46(37-19-9-11-21-41(37)51-44)47(33)49(32-23-27-43-38(29-32)35-17-7-10-20-40(35)50-43)39-26-24-34(31-15-5-2-6-16-31)48-45(39)36-18-8-12-22-42(36)52-48/h1-29H. The predicted molar refractivity (Wildman–Crippen MR) is 231 cm³/mol. The molecular formula is C48H29NS3. The van der Waals surface area contributed by atoms with Crippen LogP contribution in [0, 0.1) is 0 Å². The Labute approximate surface area is 312 Å². The molecule has 0 amide bonds. The molecule has 0 radical (unpaired) electrons. The van der Waals surface area contributed by atoms with Gasteiger partial charge < -0.3 is 4.90 Å². The molecule has 0 fully saturated rings. The summed E-state index contributed by atoms with van der Waals surface area (Å²) >= 11 is 5.64. The quantitative estimate of drug-likeness (QED) is 0.171. The van der Waals surface area contributed by atoms with Crippen LogP contribution in [-0.4, -0.2) is 0 Å². The van der Waals surface area contributed by atoms with Crippen molar-refractivity contribution in [2.75, 3.05) is 4.90 Å². The summed E-state index contributed by atoms with van der Waals surface area (Å²) in [6.45, 7) is 0. The van der Waals surface area contributed by atoms with Gasteiger partial charge in [-0.05, 0) is 65.2 Å². The molecule has 8 aromatic carbocycles. The van der Waals surface area contributed by atoms with E-state index in [4.69, 9.17) is 0 Å². The highest BCUT2D eigenvalue weighted by Gasteiger charge is 2.27. The number of fused-ring (bicyclic) bond motifs is 9. The number of hydrogen-bond donors (Lipinski definition) is 0. The Morgan fingerprint density at radius 2 is 0.865 bits per heavy atom. The minimum atomic E-state index is 1.15. The number of rotatable bonds is 5. The zero-order valence-electron chi connectivity index (χ0n) is 27.9. The summed E-state index contributed by atoms with van der Waals surface area (Å²) in [4.78, 5) is 2.59. The van der Waals surface area contributed by atoms with Gasteiger partial charge in [0.2, 0.25) is 0 Å². The molecule has 0 bridgehead atoms. The normalized spacial score (nSPS) is 11.8. The molecule has 0 saturated heterocycles. The van der Waals surface area contributed by atoms with Crippen molar-refractivity contribution in [3.05, 3.63) is 176 Å². The number of anilines is 3. The maximum Gasteiger partial charge on any atom is 0.0633 e. The maximum atomic E-state index is 2.59. The van der Waals surface area contributed by atoms with E-state index >= 15 is 0 Å². The molecule has 244 valence electrons. The first-order chi connectivity index (χ1) is 25.8. The minimum absolute atomic E-state index is 1.15. The van der Waals surface area contributed by atoms with E-state index in [1.54, 1.807) is 0 Å². The molecule has 11 rings (SSSR count). The largest absolute Gasteiger partial charge is 0.308 e. The number of nitrogens with zero attached hydrogens (tertiary/aromatic N) is 1. The predicted octanol–water partition coefficient (Wildman–Crippen LogP) is 15.6.